The van der Waals surface area contributed by atoms with E-state index in [1.165, 1.54) is 173 Å². The van der Waals surface area contributed by atoms with Crippen molar-refractivity contribution in [3.05, 3.63) is 0 Å². The molecule has 9 fully saturated rings. The second kappa shape index (κ2) is 33.3. The number of hydrogen-bond donors (Lipinski definition) is 0. The molecule has 0 aliphatic heterocycles. The fourth-order valence-electron chi connectivity index (χ4n) is 14.3. The third kappa shape index (κ3) is 24.1. The minimum absolute atomic E-state index is 0. The molecule has 0 radical (unpaired) electrons. The molecule has 460 valence electrons. The van der Waals surface area contributed by atoms with Gasteiger partial charge in [0, 0.05) is 16.5 Å². The monoisotopic (exact) mass is 1200 g/mol. The van der Waals surface area contributed by atoms with Crippen LogP contribution >= 0.6 is 25.8 Å². The van der Waals surface area contributed by atoms with E-state index >= 15 is 0 Å². The Labute approximate surface area is 493 Å². The molecule has 0 N–H and O–H groups in total. The van der Waals surface area contributed by atoms with E-state index in [0.717, 1.165) is 116 Å². The van der Waals surface area contributed by atoms with Crippen molar-refractivity contribution in [3.8, 4) is 0 Å². The van der Waals surface area contributed by atoms with Gasteiger partial charge in [0.15, 0.2) is 0 Å². The van der Waals surface area contributed by atoms with Crippen LogP contribution in [0, 0.1) is 0 Å². The fraction of sp³-hybridized carbons (Fsp3) is 0.984. The molecule has 9 rings (SSSR count). The predicted molar refractivity (Wildman–Crippen MR) is 321 cm³/mol. The second-order valence-electron chi connectivity index (χ2n) is 28.6. The number of hydrogen-bond acceptors (Lipinski definition) is 10. The zero-order valence-corrected chi connectivity index (χ0v) is 55.4. The molecule has 78 heavy (non-hydrogen) atoms. The number of carbonyl (C=O) groups is 1. The first-order valence-corrected chi connectivity index (χ1v) is 35.9. The Balaban J connectivity index is 0.000000211. The zero-order valence-electron chi connectivity index (χ0n) is 51.8. The van der Waals surface area contributed by atoms with Crippen molar-refractivity contribution >= 4 is 32.6 Å². The summed E-state index contributed by atoms with van der Waals surface area (Å²) in [6.45, 7) is 22.5. The van der Waals surface area contributed by atoms with E-state index in [4.69, 9.17) is 45.5 Å². The predicted octanol–water partition coefficient (Wildman–Crippen LogP) is 22.1. The SMILES string of the molecule is C=O.CC1(OP(OC2(C)CCCCC2)OC2(C)CCCCC2)CCCCC1.CC1(OP(OC2(C)CCCCC2)OC2(C)CCCCC2)CCCCC1.CC1(OP(OC2(C)CCCCC2)OC2(C)CCCCC2)CCCCC1.[Ni]. The van der Waals surface area contributed by atoms with Gasteiger partial charge in [0.05, 0.1) is 50.4 Å². The molecular weight excluding hydrogens is 1080 g/mol. The van der Waals surface area contributed by atoms with Crippen LogP contribution in [0.5, 0.6) is 0 Å². The summed E-state index contributed by atoms with van der Waals surface area (Å²) in [5.74, 6) is 0. The van der Waals surface area contributed by atoms with Gasteiger partial charge in [0.1, 0.15) is 6.79 Å². The Morgan fingerprint density at radius 3 is 0.346 bits per heavy atom. The summed E-state index contributed by atoms with van der Waals surface area (Å²) in [5, 5.41) is 0. The maximum Gasteiger partial charge on any atom is 0.334 e. The molecule has 9 saturated carbocycles. The van der Waals surface area contributed by atoms with Crippen LogP contribution in [0.2, 0.25) is 0 Å². The molecule has 0 bridgehead atoms. The second-order valence-corrected chi connectivity index (χ2v) is 31.6. The number of rotatable bonds is 18. The normalized spacial score (nSPS) is 27.7. The molecule has 0 saturated heterocycles. The largest absolute Gasteiger partial charge is 0.334 e. The first-order chi connectivity index (χ1) is 36.7. The quantitative estimate of drug-likeness (QED) is 0.0974. The van der Waals surface area contributed by atoms with Crippen molar-refractivity contribution in [2.75, 3.05) is 0 Å². The van der Waals surface area contributed by atoms with Crippen LogP contribution in [0.3, 0.4) is 0 Å². The van der Waals surface area contributed by atoms with Crippen LogP contribution in [0.4, 0.5) is 0 Å². The van der Waals surface area contributed by atoms with Gasteiger partial charge >= 0.3 is 25.8 Å². The van der Waals surface area contributed by atoms with Gasteiger partial charge < -0.3 is 45.5 Å². The van der Waals surface area contributed by atoms with Gasteiger partial charge in [-0.25, -0.2) is 0 Å². The van der Waals surface area contributed by atoms with Crippen molar-refractivity contribution in [3.63, 3.8) is 0 Å². The summed E-state index contributed by atoms with van der Waals surface area (Å²) < 4.78 is 59.7. The Hall–Kier alpha value is 1.09. The third-order valence-corrected chi connectivity index (χ3v) is 25.2. The van der Waals surface area contributed by atoms with Crippen LogP contribution in [0.1, 0.15) is 351 Å². The van der Waals surface area contributed by atoms with Crippen molar-refractivity contribution in [1.82, 2.24) is 0 Å². The molecule has 0 aromatic carbocycles. The molecule has 0 aromatic heterocycles. The van der Waals surface area contributed by atoms with Crippen LogP contribution in [0.25, 0.3) is 0 Å². The van der Waals surface area contributed by atoms with Gasteiger partial charge in [-0.1, -0.05) is 173 Å². The van der Waals surface area contributed by atoms with Crippen molar-refractivity contribution < 1.29 is 62.0 Å². The van der Waals surface area contributed by atoms with Crippen molar-refractivity contribution in [2.45, 2.75) is 402 Å². The van der Waals surface area contributed by atoms with Gasteiger partial charge in [-0.2, -0.15) is 0 Å². The van der Waals surface area contributed by atoms with Gasteiger partial charge in [-0.05, 0) is 178 Å². The van der Waals surface area contributed by atoms with Crippen LogP contribution in [-0.2, 0) is 62.0 Å². The summed E-state index contributed by atoms with van der Waals surface area (Å²) in [6, 6.07) is 0. The minimum Gasteiger partial charge on any atom is -0.307 e. The maximum atomic E-state index is 8.00. The molecular formula is C64H119NiO10P3. The fourth-order valence-corrected chi connectivity index (χ4v) is 19.5. The average Bonchev–Trinajstić information content (AvgIpc) is 3.39. The molecule has 10 nitrogen and oxygen atoms in total. The zero-order chi connectivity index (χ0) is 55.4. The maximum absolute atomic E-state index is 8.00. The standard InChI is InChI=1S/3C21H39O3P.CH2O.Ni/c3*1-19(13-7-4-8-14-19)22-25(23-20(2)15-9-5-10-16-20)24-21(3)17-11-6-12-18-21;1-2;/h3*4-18H2,1-3H3;1H2;. The summed E-state index contributed by atoms with van der Waals surface area (Å²) in [6.07, 6.45) is 55.6. The van der Waals surface area contributed by atoms with E-state index in [1.807, 2.05) is 6.79 Å². The molecule has 9 aliphatic rings. The molecule has 0 aromatic rings. The van der Waals surface area contributed by atoms with Gasteiger partial charge in [-0.15, -0.1) is 0 Å². The summed E-state index contributed by atoms with van der Waals surface area (Å²) in [5.41, 5.74) is -0.500. The van der Waals surface area contributed by atoms with E-state index in [-0.39, 0.29) is 66.9 Å². The van der Waals surface area contributed by atoms with E-state index in [9.17, 15) is 0 Å². The van der Waals surface area contributed by atoms with Crippen LogP contribution in [0.15, 0.2) is 0 Å². The van der Waals surface area contributed by atoms with Crippen LogP contribution < -0.4 is 0 Å². The van der Waals surface area contributed by atoms with E-state index in [0.29, 0.717) is 0 Å². The van der Waals surface area contributed by atoms with E-state index in [1.54, 1.807) is 0 Å². The topological polar surface area (TPSA) is 100 Å². The Morgan fingerprint density at radius 2 is 0.269 bits per heavy atom. The summed E-state index contributed by atoms with van der Waals surface area (Å²) in [7, 11) is -3.83. The summed E-state index contributed by atoms with van der Waals surface area (Å²) in [4.78, 5) is 8.00. The first kappa shape index (κ1) is 69.9. The molecule has 0 spiro atoms. The van der Waals surface area contributed by atoms with Crippen molar-refractivity contribution in [1.29, 1.82) is 0 Å². The molecule has 9 aliphatic carbocycles. The van der Waals surface area contributed by atoms with Crippen molar-refractivity contribution in [2.24, 2.45) is 0 Å². The first-order valence-electron chi connectivity index (χ1n) is 32.6. The van der Waals surface area contributed by atoms with E-state index < -0.39 is 25.8 Å². The molecule has 0 amide bonds. The molecule has 0 unspecified atom stereocenters. The number of carbonyl (C=O) groups excluding carboxylic acids is 1. The Bertz CT molecular complexity index is 1250. The van der Waals surface area contributed by atoms with E-state index in [2.05, 4.69) is 62.3 Å². The smallest absolute Gasteiger partial charge is 0.307 e. The summed E-state index contributed by atoms with van der Waals surface area (Å²) >= 11 is 0. The molecule has 0 heterocycles. The van der Waals surface area contributed by atoms with Gasteiger partial charge in [0.2, 0.25) is 0 Å². The minimum atomic E-state index is -1.28. The van der Waals surface area contributed by atoms with Gasteiger partial charge in [-0.3, -0.25) is 0 Å². The Kier molecular flexibility index (Phi) is 29.8. The average molecular weight is 1200 g/mol. The van der Waals surface area contributed by atoms with Crippen LogP contribution in [-0.4, -0.2) is 57.2 Å². The molecule has 14 heteroatoms. The van der Waals surface area contributed by atoms with Gasteiger partial charge in [0.25, 0.3) is 0 Å². The molecule has 0 atom stereocenters. The Morgan fingerprint density at radius 1 is 0.192 bits per heavy atom. The third-order valence-electron chi connectivity index (χ3n) is 19.9.